The Kier molecular flexibility index (Phi) is 3.61. The molecular weight excluding hydrogens is 296 g/mol. The molecule has 23 heavy (non-hydrogen) atoms. The Morgan fingerprint density at radius 2 is 1.87 bits per heavy atom. The normalized spacial score (nSPS) is 10.9. The second-order valence-corrected chi connectivity index (χ2v) is 5.21. The molecule has 0 atom stereocenters. The molecule has 0 aliphatic carbocycles. The van der Waals surface area contributed by atoms with Gasteiger partial charge in [-0.15, -0.1) is 0 Å². The zero-order valence-corrected chi connectivity index (χ0v) is 12.6. The number of ketones is 1. The molecule has 0 saturated carbocycles. The third-order valence-corrected chi connectivity index (χ3v) is 3.48. The van der Waals surface area contributed by atoms with Gasteiger partial charge < -0.3 is 5.11 Å². The number of nitrogens with zero attached hydrogens (tertiary/aromatic N) is 4. The molecular formula is C16H14N4O3. The first-order chi connectivity index (χ1) is 11.0. The summed E-state index contributed by atoms with van der Waals surface area (Å²) in [6, 6.07) is 5.40. The highest BCUT2D eigenvalue weighted by Crippen LogP contribution is 2.26. The van der Waals surface area contributed by atoms with E-state index in [1.807, 2.05) is 12.1 Å². The summed E-state index contributed by atoms with van der Waals surface area (Å²) in [6.45, 7) is 2.92. The van der Waals surface area contributed by atoms with Crippen LogP contribution in [0.15, 0.2) is 30.6 Å². The van der Waals surface area contributed by atoms with Gasteiger partial charge >= 0.3 is 5.97 Å². The number of carboxylic acid groups (broad SMARTS) is 1. The highest BCUT2D eigenvalue weighted by atomic mass is 16.4. The fourth-order valence-corrected chi connectivity index (χ4v) is 2.41. The molecule has 0 bridgehead atoms. The summed E-state index contributed by atoms with van der Waals surface area (Å²) in [5.41, 5.74) is 2.53. The van der Waals surface area contributed by atoms with Gasteiger partial charge in [0.05, 0.1) is 5.52 Å². The molecule has 0 fully saturated rings. The minimum absolute atomic E-state index is 0.212. The Morgan fingerprint density at radius 3 is 2.48 bits per heavy atom. The van der Waals surface area contributed by atoms with E-state index in [0.717, 1.165) is 11.1 Å². The number of carbonyl (C=O) groups excluding carboxylic acids is 1. The SMILES string of the molecule is CC(=O)c1nn(CC(=O)O)c2ccc(-c3cnc(C)nc3)cc12. The first kappa shape index (κ1) is 14.8. The number of fused-ring (bicyclic) bond motifs is 1. The van der Waals surface area contributed by atoms with Gasteiger partial charge in [-0.05, 0) is 24.6 Å². The Hall–Kier alpha value is -3.09. The highest BCUT2D eigenvalue weighted by molar-refractivity contribution is 6.06. The molecule has 0 aliphatic heterocycles. The van der Waals surface area contributed by atoms with Gasteiger partial charge in [-0.25, -0.2) is 9.97 Å². The third kappa shape index (κ3) is 2.80. The molecule has 0 radical (unpaired) electrons. The van der Waals surface area contributed by atoms with E-state index < -0.39 is 5.97 Å². The summed E-state index contributed by atoms with van der Waals surface area (Å²) in [5.74, 6) is -0.550. The van der Waals surface area contributed by atoms with Crippen LogP contribution < -0.4 is 0 Å². The van der Waals surface area contributed by atoms with Gasteiger partial charge in [0.15, 0.2) is 5.78 Å². The first-order valence-electron chi connectivity index (χ1n) is 6.98. The zero-order valence-electron chi connectivity index (χ0n) is 12.6. The van der Waals surface area contributed by atoms with E-state index >= 15 is 0 Å². The van der Waals surface area contributed by atoms with Crippen LogP contribution in [0.1, 0.15) is 23.2 Å². The maximum Gasteiger partial charge on any atom is 0.325 e. The predicted octanol–water partition coefficient (Wildman–Crippen LogP) is 2.09. The molecule has 2 heterocycles. The van der Waals surface area contributed by atoms with Crippen LogP contribution in [0.2, 0.25) is 0 Å². The van der Waals surface area contributed by atoms with E-state index in [1.165, 1.54) is 11.6 Å². The van der Waals surface area contributed by atoms with Gasteiger partial charge in [-0.3, -0.25) is 14.3 Å². The Balaban J connectivity index is 2.18. The summed E-state index contributed by atoms with van der Waals surface area (Å²) < 4.78 is 1.32. The van der Waals surface area contributed by atoms with Gasteiger partial charge in [0.2, 0.25) is 0 Å². The Labute approximate surface area is 131 Å². The fourth-order valence-electron chi connectivity index (χ4n) is 2.41. The van der Waals surface area contributed by atoms with Crippen LogP contribution in [-0.4, -0.2) is 36.6 Å². The monoisotopic (exact) mass is 310 g/mol. The Bertz CT molecular complexity index is 913. The van der Waals surface area contributed by atoms with Crippen molar-refractivity contribution in [2.75, 3.05) is 0 Å². The molecule has 3 aromatic rings. The lowest BCUT2D eigenvalue weighted by Gasteiger charge is -2.03. The number of rotatable bonds is 4. The highest BCUT2D eigenvalue weighted by Gasteiger charge is 2.16. The molecule has 7 nitrogen and oxygen atoms in total. The van der Waals surface area contributed by atoms with Crippen LogP contribution in [0.25, 0.3) is 22.0 Å². The molecule has 0 saturated heterocycles. The van der Waals surface area contributed by atoms with Gasteiger partial charge in [0.1, 0.15) is 18.1 Å². The number of aliphatic carboxylic acids is 1. The van der Waals surface area contributed by atoms with Gasteiger partial charge in [0, 0.05) is 30.3 Å². The van der Waals surface area contributed by atoms with Crippen molar-refractivity contribution in [2.24, 2.45) is 0 Å². The van der Waals surface area contributed by atoms with Gasteiger partial charge in [0.25, 0.3) is 0 Å². The maximum atomic E-state index is 11.8. The second kappa shape index (κ2) is 5.60. The molecule has 0 spiro atoms. The number of aryl methyl sites for hydroxylation is 1. The summed E-state index contributed by atoms with van der Waals surface area (Å²) in [6.07, 6.45) is 3.41. The summed E-state index contributed by atoms with van der Waals surface area (Å²) >= 11 is 0. The number of hydrogen-bond donors (Lipinski definition) is 1. The number of Topliss-reactive ketones (excluding diaryl/α,β-unsaturated/α-hetero) is 1. The quantitative estimate of drug-likeness (QED) is 0.741. The first-order valence-corrected chi connectivity index (χ1v) is 6.98. The number of hydrogen-bond acceptors (Lipinski definition) is 5. The third-order valence-electron chi connectivity index (χ3n) is 3.48. The fraction of sp³-hybridized carbons (Fsp3) is 0.188. The van der Waals surface area contributed by atoms with E-state index in [4.69, 9.17) is 5.11 Å². The largest absolute Gasteiger partial charge is 0.480 e. The molecule has 2 aromatic heterocycles. The Morgan fingerprint density at radius 1 is 1.17 bits per heavy atom. The summed E-state index contributed by atoms with van der Waals surface area (Å²) in [4.78, 5) is 31.1. The number of carboxylic acids is 1. The van der Waals surface area contributed by atoms with Crippen LogP contribution in [0, 0.1) is 6.92 Å². The number of carbonyl (C=O) groups is 2. The average Bonchev–Trinajstić information content (AvgIpc) is 2.85. The van der Waals surface area contributed by atoms with Crippen molar-refractivity contribution in [1.29, 1.82) is 0 Å². The molecule has 1 aromatic carbocycles. The van der Waals surface area contributed by atoms with E-state index in [0.29, 0.717) is 16.7 Å². The average molecular weight is 310 g/mol. The van der Waals surface area contributed by atoms with Crippen molar-refractivity contribution in [3.8, 4) is 11.1 Å². The smallest absolute Gasteiger partial charge is 0.325 e. The van der Waals surface area contributed by atoms with Crippen molar-refractivity contribution in [2.45, 2.75) is 20.4 Å². The van der Waals surface area contributed by atoms with Crippen LogP contribution in [0.3, 0.4) is 0 Å². The van der Waals surface area contributed by atoms with Crippen molar-refractivity contribution in [3.05, 3.63) is 42.1 Å². The summed E-state index contributed by atoms with van der Waals surface area (Å²) in [5, 5.41) is 13.7. The number of aromatic nitrogens is 4. The topological polar surface area (TPSA) is 98.0 Å². The van der Waals surface area contributed by atoms with E-state index in [9.17, 15) is 9.59 Å². The van der Waals surface area contributed by atoms with Crippen molar-refractivity contribution >= 4 is 22.7 Å². The second-order valence-electron chi connectivity index (χ2n) is 5.21. The predicted molar refractivity (Wildman–Crippen MR) is 83.1 cm³/mol. The molecule has 116 valence electrons. The van der Waals surface area contributed by atoms with E-state index in [-0.39, 0.29) is 18.0 Å². The molecule has 1 N–H and O–H groups in total. The standard InChI is InChI=1S/C16H14N4O3/c1-9(21)16-13-5-11(12-6-17-10(2)18-7-12)3-4-14(13)20(19-16)8-15(22)23/h3-7H,8H2,1-2H3,(H,22,23). The van der Waals surface area contributed by atoms with E-state index in [2.05, 4.69) is 15.1 Å². The summed E-state index contributed by atoms with van der Waals surface area (Å²) in [7, 11) is 0. The molecule has 0 aliphatic rings. The van der Waals surface area contributed by atoms with Crippen LogP contribution in [-0.2, 0) is 11.3 Å². The van der Waals surface area contributed by atoms with Crippen LogP contribution in [0.5, 0.6) is 0 Å². The molecule has 3 rings (SSSR count). The minimum atomic E-state index is -1.01. The minimum Gasteiger partial charge on any atom is -0.480 e. The van der Waals surface area contributed by atoms with Crippen molar-refractivity contribution < 1.29 is 14.7 Å². The maximum absolute atomic E-state index is 11.8. The van der Waals surface area contributed by atoms with Crippen molar-refractivity contribution in [1.82, 2.24) is 19.7 Å². The lowest BCUT2D eigenvalue weighted by Crippen LogP contribution is -2.10. The molecule has 0 unspecified atom stereocenters. The molecule has 0 amide bonds. The molecule has 7 heteroatoms. The van der Waals surface area contributed by atoms with Crippen molar-refractivity contribution in [3.63, 3.8) is 0 Å². The lowest BCUT2D eigenvalue weighted by atomic mass is 10.0. The van der Waals surface area contributed by atoms with Crippen LogP contribution >= 0.6 is 0 Å². The van der Waals surface area contributed by atoms with Crippen LogP contribution in [0.4, 0.5) is 0 Å². The van der Waals surface area contributed by atoms with E-state index in [1.54, 1.807) is 25.4 Å². The zero-order chi connectivity index (χ0) is 16.6. The van der Waals surface area contributed by atoms with Gasteiger partial charge in [-0.2, -0.15) is 5.10 Å². The lowest BCUT2D eigenvalue weighted by molar-refractivity contribution is -0.137. The van der Waals surface area contributed by atoms with Gasteiger partial charge in [-0.1, -0.05) is 6.07 Å². The number of benzene rings is 1.